The standard InChI is InChI=1S/C12H24N2/c1-10(13)9-11-12(7-8-14-11)5-3-2-4-6-12/h10-11,14H,2-9,13H2,1H3. The number of nitrogens with one attached hydrogen (secondary N) is 1. The molecule has 1 saturated carbocycles. The Balaban J connectivity index is 2.00. The van der Waals surface area contributed by atoms with Crippen molar-refractivity contribution < 1.29 is 0 Å². The summed E-state index contributed by atoms with van der Waals surface area (Å²) in [6.07, 6.45) is 9.78. The van der Waals surface area contributed by atoms with Gasteiger partial charge in [0.25, 0.3) is 0 Å². The first-order valence-corrected chi connectivity index (χ1v) is 6.22. The number of rotatable bonds is 2. The summed E-state index contributed by atoms with van der Waals surface area (Å²) in [5.74, 6) is 0. The van der Waals surface area contributed by atoms with Crippen molar-refractivity contribution in [2.24, 2.45) is 11.1 Å². The highest BCUT2D eigenvalue weighted by Gasteiger charge is 2.42. The van der Waals surface area contributed by atoms with E-state index in [1.807, 2.05) is 0 Å². The molecule has 2 nitrogen and oxygen atoms in total. The van der Waals surface area contributed by atoms with Gasteiger partial charge >= 0.3 is 0 Å². The Labute approximate surface area is 87.6 Å². The van der Waals surface area contributed by atoms with E-state index in [-0.39, 0.29) is 0 Å². The second-order valence-corrected chi connectivity index (χ2v) is 5.39. The Morgan fingerprint density at radius 2 is 2.00 bits per heavy atom. The first-order valence-electron chi connectivity index (χ1n) is 6.22. The van der Waals surface area contributed by atoms with E-state index in [9.17, 15) is 0 Å². The fourth-order valence-corrected chi connectivity index (χ4v) is 3.45. The van der Waals surface area contributed by atoms with Crippen molar-refractivity contribution >= 4 is 0 Å². The van der Waals surface area contributed by atoms with Crippen LogP contribution in [-0.2, 0) is 0 Å². The molecule has 0 aromatic heterocycles. The maximum atomic E-state index is 5.92. The highest BCUT2D eigenvalue weighted by molar-refractivity contribution is 4.99. The van der Waals surface area contributed by atoms with Gasteiger partial charge in [-0.05, 0) is 44.6 Å². The lowest BCUT2D eigenvalue weighted by Crippen LogP contribution is -2.41. The van der Waals surface area contributed by atoms with Crippen LogP contribution in [0.15, 0.2) is 0 Å². The molecule has 82 valence electrons. The normalized spacial score (nSPS) is 33.4. The molecule has 2 rings (SSSR count). The predicted octanol–water partition coefficient (Wildman–Crippen LogP) is 2.04. The summed E-state index contributed by atoms with van der Waals surface area (Å²) < 4.78 is 0. The van der Waals surface area contributed by atoms with Gasteiger partial charge in [-0.2, -0.15) is 0 Å². The summed E-state index contributed by atoms with van der Waals surface area (Å²) in [7, 11) is 0. The lowest BCUT2D eigenvalue weighted by Gasteiger charge is -2.39. The fourth-order valence-electron chi connectivity index (χ4n) is 3.45. The second kappa shape index (κ2) is 4.19. The van der Waals surface area contributed by atoms with Crippen molar-refractivity contribution in [1.29, 1.82) is 0 Å². The molecule has 1 aliphatic carbocycles. The van der Waals surface area contributed by atoms with Gasteiger partial charge < -0.3 is 11.1 Å². The van der Waals surface area contributed by atoms with Gasteiger partial charge in [0.2, 0.25) is 0 Å². The SMILES string of the molecule is CC(N)CC1NCCC12CCCCC2. The van der Waals surface area contributed by atoms with E-state index in [4.69, 9.17) is 5.73 Å². The van der Waals surface area contributed by atoms with E-state index in [1.165, 1.54) is 51.5 Å². The Hall–Kier alpha value is -0.0800. The number of hydrogen-bond acceptors (Lipinski definition) is 2. The molecule has 3 N–H and O–H groups in total. The minimum Gasteiger partial charge on any atom is -0.328 e. The molecular weight excluding hydrogens is 172 g/mol. The zero-order valence-electron chi connectivity index (χ0n) is 9.39. The van der Waals surface area contributed by atoms with Gasteiger partial charge in [0.1, 0.15) is 0 Å². The lowest BCUT2D eigenvalue weighted by atomic mass is 9.68. The molecule has 0 radical (unpaired) electrons. The molecule has 1 aliphatic heterocycles. The highest BCUT2D eigenvalue weighted by atomic mass is 15.0. The van der Waals surface area contributed by atoms with E-state index in [0.717, 1.165) is 0 Å². The Bertz CT molecular complexity index is 183. The van der Waals surface area contributed by atoms with Crippen LogP contribution in [0, 0.1) is 5.41 Å². The Kier molecular flexibility index (Phi) is 3.13. The quantitative estimate of drug-likeness (QED) is 0.709. The van der Waals surface area contributed by atoms with Crippen molar-refractivity contribution in [2.45, 2.75) is 64.0 Å². The predicted molar refractivity (Wildman–Crippen MR) is 60.2 cm³/mol. The van der Waals surface area contributed by atoms with Gasteiger partial charge in [0.15, 0.2) is 0 Å². The summed E-state index contributed by atoms with van der Waals surface area (Å²) in [6.45, 7) is 3.36. The third-order valence-corrected chi connectivity index (χ3v) is 4.21. The number of nitrogens with two attached hydrogens (primary N) is 1. The average molecular weight is 196 g/mol. The summed E-state index contributed by atoms with van der Waals surface area (Å²) in [6, 6.07) is 1.06. The first-order chi connectivity index (χ1) is 6.73. The molecule has 2 fully saturated rings. The van der Waals surface area contributed by atoms with Crippen LogP contribution < -0.4 is 11.1 Å². The van der Waals surface area contributed by atoms with Crippen molar-refractivity contribution in [1.82, 2.24) is 5.32 Å². The minimum atomic E-state index is 0.351. The molecule has 2 aliphatic rings. The molecule has 2 heteroatoms. The minimum absolute atomic E-state index is 0.351. The molecule has 0 aromatic carbocycles. The molecule has 0 aromatic rings. The molecule has 0 bridgehead atoms. The van der Waals surface area contributed by atoms with Crippen LogP contribution in [0.4, 0.5) is 0 Å². The zero-order valence-corrected chi connectivity index (χ0v) is 9.39. The second-order valence-electron chi connectivity index (χ2n) is 5.39. The summed E-state index contributed by atoms with van der Waals surface area (Å²) in [5, 5.41) is 3.67. The maximum Gasteiger partial charge on any atom is 0.0139 e. The van der Waals surface area contributed by atoms with Crippen LogP contribution in [0.2, 0.25) is 0 Å². The van der Waals surface area contributed by atoms with Gasteiger partial charge in [-0.15, -0.1) is 0 Å². The van der Waals surface area contributed by atoms with Crippen LogP contribution in [0.25, 0.3) is 0 Å². The van der Waals surface area contributed by atoms with Crippen molar-refractivity contribution in [2.75, 3.05) is 6.54 Å². The molecule has 1 saturated heterocycles. The van der Waals surface area contributed by atoms with Crippen molar-refractivity contribution in [3.63, 3.8) is 0 Å². The van der Waals surface area contributed by atoms with E-state index < -0.39 is 0 Å². The Morgan fingerprint density at radius 1 is 1.29 bits per heavy atom. The van der Waals surface area contributed by atoms with Crippen molar-refractivity contribution in [3.05, 3.63) is 0 Å². The van der Waals surface area contributed by atoms with Gasteiger partial charge in [0.05, 0.1) is 0 Å². The maximum absolute atomic E-state index is 5.92. The average Bonchev–Trinajstić information content (AvgIpc) is 2.50. The van der Waals surface area contributed by atoms with E-state index >= 15 is 0 Å². The van der Waals surface area contributed by atoms with Crippen LogP contribution in [0.3, 0.4) is 0 Å². The van der Waals surface area contributed by atoms with Gasteiger partial charge in [-0.1, -0.05) is 19.3 Å². The summed E-state index contributed by atoms with van der Waals surface area (Å²) >= 11 is 0. The lowest BCUT2D eigenvalue weighted by molar-refractivity contribution is 0.154. The first kappa shape index (κ1) is 10.4. The largest absolute Gasteiger partial charge is 0.328 e. The van der Waals surface area contributed by atoms with Gasteiger partial charge in [-0.3, -0.25) is 0 Å². The fraction of sp³-hybridized carbons (Fsp3) is 1.00. The molecule has 2 atom stereocenters. The third kappa shape index (κ3) is 1.96. The summed E-state index contributed by atoms with van der Waals surface area (Å²) in [4.78, 5) is 0. The molecule has 1 spiro atoms. The molecule has 0 amide bonds. The highest BCUT2D eigenvalue weighted by Crippen LogP contribution is 2.45. The van der Waals surface area contributed by atoms with E-state index in [0.29, 0.717) is 17.5 Å². The zero-order chi connectivity index (χ0) is 10.0. The van der Waals surface area contributed by atoms with Crippen LogP contribution in [0.5, 0.6) is 0 Å². The molecule has 1 heterocycles. The smallest absolute Gasteiger partial charge is 0.0139 e. The monoisotopic (exact) mass is 196 g/mol. The van der Waals surface area contributed by atoms with Crippen LogP contribution in [-0.4, -0.2) is 18.6 Å². The third-order valence-electron chi connectivity index (χ3n) is 4.21. The van der Waals surface area contributed by atoms with E-state index in [2.05, 4.69) is 12.2 Å². The summed E-state index contributed by atoms with van der Waals surface area (Å²) in [5.41, 5.74) is 6.55. The van der Waals surface area contributed by atoms with E-state index in [1.54, 1.807) is 0 Å². The van der Waals surface area contributed by atoms with Crippen LogP contribution in [0.1, 0.15) is 51.9 Å². The molecule has 14 heavy (non-hydrogen) atoms. The van der Waals surface area contributed by atoms with Crippen LogP contribution >= 0.6 is 0 Å². The van der Waals surface area contributed by atoms with Gasteiger partial charge in [0, 0.05) is 12.1 Å². The molecule has 2 unspecified atom stereocenters. The Morgan fingerprint density at radius 3 is 2.64 bits per heavy atom. The number of hydrogen-bond donors (Lipinski definition) is 2. The molecular formula is C12H24N2. The van der Waals surface area contributed by atoms with Gasteiger partial charge in [-0.25, -0.2) is 0 Å². The topological polar surface area (TPSA) is 38.0 Å². The van der Waals surface area contributed by atoms with Crippen molar-refractivity contribution in [3.8, 4) is 0 Å².